The summed E-state index contributed by atoms with van der Waals surface area (Å²) in [6.07, 6.45) is -0.141. The fraction of sp³-hybridized carbons (Fsp3) is 0.261. The van der Waals surface area contributed by atoms with Crippen molar-refractivity contribution in [2.75, 3.05) is 13.7 Å². The maximum atomic E-state index is 10.6. The average molecular weight is 363 g/mol. The Bertz CT molecular complexity index is 944. The number of hydrogen-bond donors (Lipinski definition) is 1. The fourth-order valence-corrected chi connectivity index (χ4v) is 3.25. The van der Waals surface area contributed by atoms with E-state index in [0.717, 1.165) is 38.9 Å². The number of rotatable bonds is 7. The predicted octanol–water partition coefficient (Wildman–Crippen LogP) is 4.50. The number of nitrogens with zero attached hydrogens (tertiary/aromatic N) is 1. The van der Waals surface area contributed by atoms with Crippen LogP contribution in [0.1, 0.15) is 23.6 Å². The van der Waals surface area contributed by atoms with Crippen molar-refractivity contribution in [3.05, 3.63) is 77.4 Å². The minimum Gasteiger partial charge on any atom is -0.490 e. The van der Waals surface area contributed by atoms with Gasteiger partial charge in [-0.25, -0.2) is 0 Å². The van der Waals surface area contributed by atoms with E-state index in [-0.39, 0.29) is 6.61 Å². The summed E-state index contributed by atoms with van der Waals surface area (Å²) in [5.74, 6) is 0.786. The first-order valence-electron chi connectivity index (χ1n) is 9.04. The lowest BCUT2D eigenvalue weighted by molar-refractivity contribution is 0.108. The number of benzene rings is 3. The monoisotopic (exact) mass is 363 g/mol. The Labute approximate surface area is 160 Å². The molecule has 1 N–H and O–H groups in total. The molecule has 27 heavy (non-hydrogen) atoms. The van der Waals surface area contributed by atoms with Gasteiger partial charge in [-0.2, -0.15) is 0 Å². The molecule has 0 aliphatic carbocycles. The standard InChI is InChI=1S/C23H25NO3/c1-16-11-12-21(17(2)24-26-3)19(13-16)14-20(25)15-27-23-10-6-8-18-7-4-5-9-22(18)23/h4-13,20,25H,14-15H2,1-3H3/b24-17+. The van der Waals surface area contributed by atoms with Crippen molar-refractivity contribution in [2.24, 2.45) is 5.16 Å². The number of aliphatic hydroxyl groups is 1. The summed E-state index contributed by atoms with van der Waals surface area (Å²) < 4.78 is 5.93. The van der Waals surface area contributed by atoms with E-state index in [1.807, 2.05) is 56.3 Å². The molecule has 0 fully saturated rings. The zero-order valence-corrected chi connectivity index (χ0v) is 16.0. The highest BCUT2D eigenvalue weighted by Gasteiger charge is 2.13. The Morgan fingerprint density at radius 3 is 2.67 bits per heavy atom. The summed E-state index contributed by atoms with van der Waals surface area (Å²) in [5, 5.41) is 16.8. The van der Waals surface area contributed by atoms with Crippen molar-refractivity contribution in [2.45, 2.75) is 26.4 Å². The molecule has 3 rings (SSSR count). The Hall–Kier alpha value is -2.85. The predicted molar refractivity (Wildman–Crippen MR) is 110 cm³/mol. The molecule has 4 heteroatoms. The summed E-state index contributed by atoms with van der Waals surface area (Å²) in [7, 11) is 1.53. The van der Waals surface area contributed by atoms with Crippen LogP contribution in [0.3, 0.4) is 0 Å². The highest BCUT2D eigenvalue weighted by atomic mass is 16.6. The molecule has 0 bridgehead atoms. The lowest BCUT2D eigenvalue weighted by Crippen LogP contribution is -2.21. The highest BCUT2D eigenvalue weighted by Crippen LogP contribution is 2.25. The number of hydrogen-bond acceptors (Lipinski definition) is 4. The molecule has 0 amide bonds. The van der Waals surface area contributed by atoms with Crippen molar-refractivity contribution < 1.29 is 14.7 Å². The minimum atomic E-state index is -0.625. The zero-order chi connectivity index (χ0) is 19.2. The number of oxime groups is 1. The third kappa shape index (κ3) is 4.66. The molecular weight excluding hydrogens is 338 g/mol. The fourth-order valence-electron chi connectivity index (χ4n) is 3.25. The van der Waals surface area contributed by atoms with E-state index >= 15 is 0 Å². The van der Waals surface area contributed by atoms with E-state index < -0.39 is 6.10 Å². The Morgan fingerprint density at radius 1 is 1.07 bits per heavy atom. The number of aryl methyl sites for hydroxylation is 1. The number of fused-ring (bicyclic) bond motifs is 1. The molecule has 3 aromatic rings. The molecule has 3 aromatic carbocycles. The molecule has 0 radical (unpaired) electrons. The van der Waals surface area contributed by atoms with Gasteiger partial charge in [-0.05, 0) is 30.9 Å². The van der Waals surface area contributed by atoms with Crippen molar-refractivity contribution in [3.63, 3.8) is 0 Å². The lowest BCUT2D eigenvalue weighted by atomic mass is 9.97. The molecule has 1 unspecified atom stereocenters. The van der Waals surface area contributed by atoms with Crippen LogP contribution in [0, 0.1) is 6.92 Å². The third-order valence-corrected chi connectivity index (χ3v) is 4.52. The first kappa shape index (κ1) is 18.9. The van der Waals surface area contributed by atoms with Gasteiger partial charge in [-0.15, -0.1) is 0 Å². The van der Waals surface area contributed by atoms with Crippen molar-refractivity contribution in [3.8, 4) is 5.75 Å². The summed E-state index contributed by atoms with van der Waals surface area (Å²) in [5.41, 5.74) is 3.93. The van der Waals surface area contributed by atoms with Gasteiger partial charge in [0.15, 0.2) is 0 Å². The Morgan fingerprint density at radius 2 is 1.85 bits per heavy atom. The van der Waals surface area contributed by atoms with Crippen LogP contribution >= 0.6 is 0 Å². The zero-order valence-electron chi connectivity index (χ0n) is 16.0. The van der Waals surface area contributed by atoms with Gasteiger partial charge in [0, 0.05) is 17.4 Å². The Balaban J connectivity index is 1.73. The molecule has 0 heterocycles. The van der Waals surface area contributed by atoms with Gasteiger partial charge < -0.3 is 14.7 Å². The van der Waals surface area contributed by atoms with E-state index in [1.54, 1.807) is 0 Å². The van der Waals surface area contributed by atoms with Gasteiger partial charge >= 0.3 is 0 Å². The molecule has 0 saturated heterocycles. The quantitative estimate of drug-likeness (QED) is 0.497. The van der Waals surface area contributed by atoms with Gasteiger partial charge in [0.05, 0.1) is 11.8 Å². The molecule has 0 aromatic heterocycles. The van der Waals surface area contributed by atoms with Crippen LogP contribution in [0.15, 0.2) is 65.8 Å². The van der Waals surface area contributed by atoms with Crippen LogP contribution in [0.25, 0.3) is 10.8 Å². The molecular formula is C23H25NO3. The number of ether oxygens (including phenoxy) is 1. The lowest BCUT2D eigenvalue weighted by Gasteiger charge is -2.16. The molecule has 1 atom stereocenters. The van der Waals surface area contributed by atoms with E-state index in [1.165, 1.54) is 7.11 Å². The smallest absolute Gasteiger partial charge is 0.127 e. The first-order valence-corrected chi connectivity index (χ1v) is 9.04. The molecule has 140 valence electrons. The van der Waals surface area contributed by atoms with Gasteiger partial charge in [0.1, 0.15) is 19.5 Å². The van der Waals surface area contributed by atoms with E-state index in [2.05, 4.69) is 23.4 Å². The van der Waals surface area contributed by atoms with Gasteiger partial charge in [-0.1, -0.05) is 65.3 Å². The van der Waals surface area contributed by atoms with Crippen LogP contribution in [0.2, 0.25) is 0 Å². The summed E-state index contributed by atoms with van der Waals surface area (Å²) >= 11 is 0. The molecule has 0 spiro atoms. The summed E-state index contributed by atoms with van der Waals surface area (Å²) in [6, 6.07) is 20.1. The first-order chi connectivity index (χ1) is 13.1. The summed E-state index contributed by atoms with van der Waals surface area (Å²) in [6.45, 7) is 4.16. The second-order valence-corrected chi connectivity index (χ2v) is 6.67. The third-order valence-electron chi connectivity index (χ3n) is 4.52. The van der Waals surface area contributed by atoms with Crippen molar-refractivity contribution >= 4 is 16.5 Å². The van der Waals surface area contributed by atoms with Crippen molar-refractivity contribution in [1.29, 1.82) is 0 Å². The van der Waals surface area contributed by atoms with E-state index in [0.29, 0.717) is 6.42 Å². The topological polar surface area (TPSA) is 51.0 Å². The maximum absolute atomic E-state index is 10.6. The molecule has 0 aliphatic heterocycles. The van der Waals surface area contributed by atoms with Gasteiger partial charge in [0.2, 0.25) is 0 Å². The van der Waals surface area contributed by atoms with E-state index in [4.69, 9.17) is 9.57 Å². The summed E-state index contributed by atoms with van der Waals surface area (Å²) in [4.78, 5) is 4.90. The normalized spacial score (nSPS) is 12.8. The van der Waals surface area contributed by atoms with Crippen molar-refractivity contribution in [1.82, 2.24) is 0 Å². The highest BCUT2D eigenvalue weighted by molar-refractivity contribution is 5.99. The molecule has 0 saturated carbocycles. The van der Waals surface area contributed by atoms with Gasteiger partial charge in [0.25, 0.3) is 0 Å². The average Bonchev–Trinajstić information content (AvgIpc) is 2.66. The SMILES string of the molecule is CO/N=C(\C)c1ccc(C)cc1CC(O)COc1cccc2ccccc12. The molecule has 4 nitrogen and oxygen atoms in total. The van der Waals surface area contributed by atoms with Crippen LogP contribution in [0.4, 0.5) is 0 Å². The van der Waals surface area contributed by atoms with Gasteiger partial charge in [-0.3, -0.25) is 0 Å². The largest absolute Gasteiger partial charge is 0.490 e. The van der Waals surface area contributed by atoms with Crippen LogP contribution in [-0.4, -0.2) is 30.6 Å². The van der Waals surface area contributed by atoms with Crippen LogP contribution in [-0.2, 0) is 11.3 Å². The van der Waals surface area contributed by atoms with Crippen LogP contribution in [0.5, 0.6) is 5.75 Å². The number of aliphatic hydroxyl groups excluding tert-OH is 1. The van der Waals surface area contributed by atoms with E-state index in [9.17, 15) is 5.11 Å². The molecule has 0 aliphatic rings. The second-order valence-electron chi connectivity index (χ2n) is 6.67. The minimum absolute atomic E-state index is 0.224. The second kappa shape index (κ2) is 8.69. The maximum Gasteiger partial charge on any atom is 0.127 e. The van der Waals surface area contributed by atoms with Crippen LogP contribution < -0.4 is 4.74 Å². The Kier molecular flexibility index (Phi) is 6.09.